The summed E-state index contributed by atoms with van der Waals surface area (Å²) in [6, 6.07) is 3.34. The van der Waals surface area contributed by atoms with Crippen LogP contribution in [-0.2, 0) is 4.74 Å². The molecule has 1 aliphatic heterocycles. The molecule has 1 saturated heterocycles. The number of carbonyl (C=O) groups excluding carboxylic acids is 1. The van der Waals surface area contributed by atoms with Gasteiger partial charge in [-0.2, -0.15) is 0 Å². The first-order chi connectivity index (χ1) is 8.29. The molecule has 1 atom stereocenters. The highest BCUT2D eigenvalue weighted by Gasteiger charge is 2.16. The fourth-order valence-corrected chi connectivity index (χ4v) is 1.70. The van der Waals surface area contributed by atoms with Crippen LogP contribution in [0.1, 0.15) is 16.8 Å². The second kappa shape index (κ2) is 5.60. The van der Waals surface area contributed by atoms with E-state index in [0.29, 0.717) is 23.8 Å². The van der Waals surface area contributed by atoms with E-state index in [4.69, 9.17) is 10.6 Å². The van der Waals surface area contributed by atoms with Crippen molar-refractivity contribution < 1.29 is 9.53 Å². The lowest BCUT2D eigenvalue weighted by atomic mass is 10.1. The molecule has 92 valence electrons. The number of ether oxygens (including phenoxy) is 1. The number of rotatable bonds is 4. The van der Waals surface area contributed by atoms with Crippen LogP contribution in [0.25, 0.3) is 0 Å². The Morgan fingerprint density at radius 2 is 2.47 bits per heavy atom. The first-order valence-electron chi connectivity index (χ1n) is 5.58. The molecule has 1 aromatic rings. The third-order valence-electron chi connectivity index (χ3n) is 2.75. The fraction of sp³-hybridized carbons (Fsp3) is 0.455. The predicted octanol–water partition coefficient (Wildman–Crippen LogP) is 0.133. The quantitative estimate of drug-likeness (QED) is 0.511. The molecular formula is C11H16N4O2. The van der Waals surface area contributed by atoms with E-state index in [0.717, 1.165) is 19.6 Å². The Labute approximate surface area is 99.5 Å². The average Bonchev–Trinajstić information content (AvgIpc) is 2.89. The molecule has 1 unspecified atom stereocenters. The molecule has 1 aliphatic rings. The summed E-state index contributed by atoms with van der Waals surface area (Å²) in [6.45, 7) is 2.17. The van der Waals surface area contributed by atoms with E-state index in [1.807, 2.05) is 0 Å². The summed E-state index contributed by atoms with van der Waals surface area (Å²) >= 11 is 0. The van der Waals surface area contributed by atoms with Crippen molar-refractivity contribution in [2.75, 3.05) is 25.2 Å². The lowest BCUT2D eigenvalue weighted by Crippen LogP contribution is -2.29. The van der Waals surface area contributed by atoms with Crippen LogP contribution in [0.5, 0.6) is 0 Å². The topological polar surface area (TPSA) is 89.3 Å². The summed E-state index contributed by atoms with van der Waals surface area (Å²) in [5.41, 5.74) is 2.94. The number of hydrazine groups is 1. The minimum absolute atomic E-state index is 0.118. The molecule has 6 heteroatoms. The normalized spacial score (nSPS) is 19.0. The van der Waals surface area contributed by atoms with Crippen LogP contribution in [0, 0.1) is 5.92 Å². The Morgan fingerprint density at radius 1 is 1.59 bits per heavy atom. The highest BCUT2D eigenvalue weighted by Crippen LogP contribution is 2.11. The average molecular weight is 236 g/mol. The van der Waals surface area contributed by atoms with Crippen LogP contribution in [-0.4, -0.2) is 30.6 Å². The van der Waals surface area contributed by atoms with Gasteiger partial charge < -0.3 is 15.5 Å². The molecule has 1 aromatic heterocycles. The standard InChI is InChI=1S/C11H16N4O2/c12-15-10-2-1-9(6-13-10)11(16)14-5-8-3-4-17-7-8/h1-2,6,8H,3-5,7,12H2,(H,13,15)(H,14,16). The smallest absolute Gasteiger partial charge is 0.252 e. The van der Waals surface area contributed by atoms with Crippen LogP contribution >= 0.6 is 0 Å². The van der Waals surface area contributed by atoms with E-state index in [9.17, 15) is 4.79 Å². The van der Waals surface area contributed by atoms with E-state index in [-0.39, 0.29) is 5.91 Å². The maximum absolute atomic E-state index is 11.8. The van der Waals surface area contributed by atoms with E-state index >= 15 is 0 Å². The van der Waals surface area contributed by atoms with Crippen molar-refractivity contribution in [1.29, 1.82) is 0 Å². The third kappa shape index (κ3) is 3.15. The molecule has 17 heavy (non-hydrogen) atoms. The van der Waals surface area contributed by atoms with Crippen molar-refractivity contribution >= 4 is 11.7 Å². The number of nitrogens with two attached hydrogens (primary N) is 1. The van der Waals surface area contributed by atoms with Crippen molar-refractivity contribution in [1.82, 2.24) is 10.3 Å². The molecular weight excluding hydrogens is 220 g/mol. The lowest BCUT2D eigenvalue weighted by Gasteiger charge is -2.09. The number of nitrogens with zero attached hydrogens (tertiary/aromatic N) is 1. The summed E-state index contributed by atoms with van der Waals surface area (Å²) in [5.74, 6) is 6.03. The zero-order valence-corrected chi connectivity index (χ0v) is 9.48. The number of nitrogens with one attached hydrogen (secondary N) is 2. The van der Waals surface area contributed by atoms with Crippen molar-refractivity contribution in [2.24, 2.45) is 11.8 Å². The van der Waals surface area contributed by atoms with Gasteiger partial charge in [-0.3, -0.25) is 4.79 Å². The molecule has 0 aliphatic carbocycles. The Kier molecular flexibility index (Phi) is 3.89. The van der Waals surface area contributed by atoms with Crippen LogP contribution in [0.3, 0.4) is 0 Å². The molecule has 1 fully saturated rings. The maximum Gasteiger partial charge on any atom is 0.252 e. The number of anilines is 1. The SMILES string of the molecule is NNc1ccc(C(=O)NCC2CCOC2)cn1. The van der Waals surface area contributed by atoms with Gasteiger partial charge in [0.2, 0.25) is 0 Å². The summed E-state index contributed by atoms with van der Waals surface area (Å²) < 4.78 is 5.24. The second-order valence-corrected chi connectivity index (χ2v) is 4.02. The molecule has 4 N–H and O–H groups in total. The molecule has 1 amide bonds. The van der Waals surface area contributed by atoms with E-state index < -0.39 is 0 Å². The van der Waals surface area contributed by atoms with Gasteiger partial charge in [0, 0.05) is 25.3 Å². The Bertz CT molecular complexity index is 374. The summed E-state index contributed by atoms with van der Waals surface area (Å²) in [7, 11) is 0. The van der Waals surface area contributed by atoms with Crippen LogP contribution < -0.4 is 16.6 Å². The first-order valence-corrected chi connectivity index (χ1v) is 5.58. The number of amides is 1. The number of pyridine rings is 1. The van der Waals surface area contributed by atoms with Crippen molar-refractivity contribution in [3.05, 3.63) is 23.9 Å². The number of hydrogen-bond donors (Lipinski definition) is 3. The number of hydrogen-bond acceptors (Lipinski definition) is 5. The highest BCUT2D eigenvalue weighted by molar-refractivity contribution is 5.94. The molecule has 0 spiro atoms. The fourth-order valence-electron chi connectivity index (χ4n) is 1.70. The van der Waals surface area contributed by atoms with Gasteiger partial charge in [0.25, 0.3) is 5.91 Å². The Hall–Kier alpha value is -1.66. The van der Waals surface area contributed by atoms with E-state index in [1.54, 1.807) is 12.1 Å². The lowest BCUT2D eigenvalue weighted by molar-refractivity contribution is 0.0944. The largest absolute Gasteiger partial charge is 0.381 e. The van der Waals surface area contributed by atoms with Gasteiger partial charge in [0.1, 0.15) is 5.82 Å². The summed E-state index contributed by atoms with van der Waals surface area (Å²) in [6.07, 6.45) is 2.50. The Morgan fingerprint density at radius 3 is 3.06 bits per heavy atom. The highest BCUT2D eigenvalue weighted by atomic mass is 16.5. The summed E-state index contributed by atoms with van der Waals surface area (Å²) in [4.78, 5) is 15.7. The van der Waals surface area contributed by atoms with Gasteiger partial charge in [-0.25, -0.2) is 10.8 Å². The van der Waals surface area contributed by atoms with Crippen molar-refractivity contribution in [3.8, 4) is 0 Å². The minimum atomic E-state index is -0.118. The van der Waals surface area contributed by atoms with Gasteiger partial charge in [-0.1, -0.05) is 0 Å². The van der Waals surface area contributed by atoms with Crippen molar-refractivity contribution in [3.63, 3.8) is 0 Å². The zero-order valence-electron chi connectivity index (χ0n) is 9.48. The molecule has 0 bridgehead atoms. The third-order valence-corrected chi connectivity index (χ3v) is 2.75. The van der Waals surface area contributed by atoms with Gasteiger partial charge >= 0.3 is 0 Å². The number of aromatic nitrogens is 1. The van der Waals surface area contributed by atoms with E-state index in [1.165, 1.54) is 6.20 Å². The maximum atomic E-state index is 11.8. The molecule has 0 radical (unpaired) electrons. The molecule has 0 aromatic carbocycles. The minimum Gasteiger partial charge on any atom is -0.381 e. The first kappa shape index (κ1) is 11.8. The Balaban J connectivity index is 1.85. The summed E-state index contributed by atoms with van der Waals surface area (Å²) in [5, 5.41) is 2.87. The molecule has 6 nitrogen and oxygen atoms in total. The second-order valence-electron chi connectivity index (χ2n) is 4.02. The molecule has 2 heterocycles. The van der Waals surface area contributed by atoms with Gasteiger partial charge in [-0.15, -0.1) is 0 Å². The van der Waals surface area contributed by atoms with Gasteiger partial charge in [0.05, 0.1) is 12.2 Å². The van der Waals surface area contributed by atoms with E-state index in [2.05, 4.69) is 15.7 Å². The van der Waals surface area contributed by atoms with Crippen LogP contribution in [0.4, 0.5) is 5.82 Å². The van der Waals surface area contributed by atoms with Crippen molar-refractivity contribution in [2.45, 2.75) is 6.42 Å². The molecule has 2 rings (SSSR count). The number of nitrogen functional groups attached to an aromatic ring is 1. The zero-order chi connectivity index (χ0) is 12.1. The number of carbonyl (C=O) groups is 1. The van der Waals surface area contributed by atoms with Crippen LogP contribution in [0.2, 0.25) is 0 Å². The van der Waals surface area contributed by atoms with Crippen LogP contribution in [0.15, 0.2) is 18.3 Å². The monoisotopic (exact) mass is 236 g/mol. The molecule has 0 saturated carbocycles. The predicted molar refractivity (Wildman–Crippen MR) is 63.3 cm³/mol. The van der Waals surface area contributed by atoms with Gasteiger partial charge in [0.15, 0.2) is 0 Å². The van der Waals surface area contributed by atoms with Gasteiger partial charge in [-0.05, 0) is 18.6 Å².